The van der Waals surface area contributed by atoms with E-state index >= 15 is 0 Å². The highest BCUT2D eigenvalue weighted by Crippen LogP contribution is 2.45. The van der Waals surface area contributed by atoms with Crippen molar-refractivity contribution < 1.29 is 14.3 Å². The summed E-state index contributed by atoms with van der Waals surface area (Å²) in [6, 6.07) is 48.8. The van der Waals surface area contributed by atoms with Gasteiger partial charge in [0, 0.05) is 32.9 Å². The molecule has 8 aromatic carbocycles. The molecule has 0 radical (unpaired) electrons. The van der Waals surface area contributed by atoms with Crippen LogP contribution in [0.2, 0.25) is 0 Å². The Kier molecular flexibility index (Phi) is 5.32. The van der Waals surface area contributed by atoms with Gasteiger partial charge in [-0.25, -0.2) is 0 Å². The molecule has 2 aromatic heterocycles. The number of fused-ring (bicyclic) bond motifs is 8. The summed E-state index contributed by atoms with van der Waals surface area (Å²) in [7, 11) is 0. The zero-order valence-corrected chi connectivity index (χ0v) is 26.2. The van der Waals surface area contributed by atoms with Crippen molar-refractivity contribution in [3.63, 3.8) is 0 Å². The highest BCUT2D eigenvalue weighted by atomic mass is 16.3. The van der Waals surface area contributed by atoms with Gasteiger partial charge in [0.05, 0.1) is 16.6 Å². The zero-order valence-electron chi connectivity index (χ0n) is 30.2. The summed E-state index contributed by atoms with van der Waals surface area (Å²) >= 11 is 0. The second-order valence-corrected chi connectivity index (χ2v) is 12.2. The van der Waals surface area contributed by atoms with Crippen molar-refractivity contribution in [1.82, 2.24) is 0 Å². The van der Waals surface area contributed by atoms with Crippen molar-refractivity contribution in [2.45, 2.75) is 0 Å². The van der Waals surface area contributed by atoms with Crippen LogP contribution in [0.3, 0.4) is 0 Å². The predicted molar refractivity (Wildman–Crippen MR) is 204 cm³/mol. The number of nitrogens with zero attached hydrogens (tertiary/aromatic N) is 1. The van der Waals surface area contributed by atoms with Crippen molar-refractivity contribution in [2.24, 2.45) is 0 Å². The highest BCUT2D eigenvalue weighted by molar-refractivity contribution is 6.19. The van der Waals surface area contributed by atoms with Crippen molar-refractivity contribution in [1.29, 1.82) is 0 Å². The van der Waals surface area contributed by atoms with Crippen molar-refractivity contribution in [3.8, 4) is 22.3 Å². The third kappa shape index (κ3) is 4.51. The number of benzene rings is 8. The minimum Gasteiger partial charge on any atom is -0.456 e. The highest BCUT2D eigenvalue weighted by Gasteiger charge is 2.20. The Morgan fingerprint density at radius 3 is 1.94 bits per heavy atom. The van der Waals surface area contributed by atoms with E-state index in [-0.39, 0.29) is 35.4 Å². The maximum atomic E-state index is 9.54. The molecule has 0 aliphatic heterocycles. The number of anilines is 3. The molecule has 49 heavy (non-hydrogen) atoms. The van der Waals surface area contributed by atoms with E-state index < -0.39 is 0 Å². The first-order valence-electron chi connectivity index (χ1n) is 18.3. The molecule has 2 heterocycles. The topological polar surface area (TPSA) is 29.5 Å². The summed E-state index contributed by atoms with van der Waals surface area (Å²) in [5.41, 5.74) is 7.13. The van der Waals surface area contributed by atoms with Crippen molar-refractivity contribution in [3.05, 3.63) is 176 Å². The SMILES string of the molecule is [2H]c1c([2H])c(N(c2ccc(-c3ccccc3)cc2)c2cccc3oc4c5ccccc5ccc4c23)c([2H])c([2H])c1-c1ccc2c(c1)oc1ccccc12. The Hall–Kier alpha value is -6.58. The third-order valence-electron chi connectivity index (χ3n) is 9.34. The van der Waals surface area contributed by atoms with Gasteiger partial charge in [0.1, 0.15) is 22.3 Å². The van der Waals surface area contributed by atoms with E-state index in [1.807, 2.05) is 126 Å². The normalized spacial score (nSPS) is 12.8. The van der Waals surface area contributed by atoms with Crippen LogP contribution in [0, 0.1) is 0 Å². The fourth-order valence-corrected chi connectivity index (χ4v) is 6.99. The molecule has 0 fully saturated rings. The second-order valence-electron chi connectivity index (χ2n) is 12.2. The lowest BCUT2D eigenvalue weighted by Crippen LogP contribution is -2.10. The molecule has 10 aromatic rings. The molecule has 0 spiro atoms. The molecular weight excluding hydrogens is 599 g/mol. The van der Waals surface area contributed by atoms with E-state index in [9.17, 15) is 5.48 Å². The van der Waals surface area contributed by atoms with Crippen LogP contribution < -0.4 is 4.90 Å². The molecule has 0 N–H and O–H groups in total. The number of rotatable bonds is 5. The van der Waals surface area contributed by atoms with E-state index in [1.54, 1.807) is 0 Å². The zero-order chi connectivity index (χ0) is 35.8. The summed E-state index contributed by atoms with van der Waals surface area (Å²) in [6.45, 7) is 0. The van der Waals surface area contributed by atoms with Crippen molar-refractivity contribution in [2.75, 3.05) is 4.90 Å². The molecule has 0 bridgehead atoms. The summed E-state index contributed by atoms with van der Waals surface area (Å²) in [4.78, 5) is 1.84. The van der Waals surface area contributed by atoms with Crippen LogP contribution in [0.15, 0.2) is 185 Å². The van der Waals surface area contributed by atoms with Gasteiger partial charge in [0.15, 0.2) is 0 Å². The monoisotopic (exact) mass is 631 g/mol. The lowest BCUT2D eigenvalue weighted by atomic mass is 10.0. The summed E-state index contributed by atoms with van der Waals surface area (Å²) in [5.74, 6) is 0. The van der Waals surface area contributed by atoms with Gasteiger partial charge < -0.3 is 13.7 Å². The van der Waals surface area contributed by atoms with E-state index in [1.165, 1.54) is 0 Å². The van der Waals surface area contributed by atoms with Crippen LogP contribution >= 0.6 is 0 Å². The van der Waals surface area contributed by atoms with Gasteiger partial charge in [0.25, 0.3) is 0 Å². The Labute approximate surface area is 288 Å². The number of hydrogen-bond acceptors (Lipinski definition) is 3. The average Bonchev–Trinajstić information content (AvgIpc) is 3.78. The Morgan fingerprint density at radius 2 is 1.08 bits per heavy atom. The van der Waals surface area contributed by atoms with Gasteiger partial charge in [0.2, 0.25) is 0 Å². The smallest absolute Gasteiger partial charge is 0.143 e. The molecule has 0 atom stereocenters. The van der Waals surface area contributed by atoms with E-state index in [0.29, 0.717) is 28.1 Å². The standard InChI is InChI=1S/C46H29NO2/c1-2-9-30(10-3-1)31-17-23-35(24-18-31)47(41-14-8-16-43-45(41)40-28-21-33-11-4-5-12-37(33)46(40)49-43)36-25-19-32(20-26-36)34-22-27-39-38-13-6-7-15-42(38)48-44(39)29-34/h1-29H/i19D,20D,25D,26D. The maximum Gasteiger partial charge on any atom is 0.143 e. The number of hydrogen-bond donors (Lipinski definition) is 0. The third-order valence-corrected chi connectivity index (χ3v) is 9.34. The van der Waals surface area contributed by atoms with Crippen LogP contribution in [-0.2, 0) is 0 Å². The van der Waals surface area contributed by atoms with Gasteiger partial charge in [-0.05, 0) is 88.3 Å². The predicted octanol–water partition coefficient (Wildman–Crippen LogP) is 13.4. The molecule has 230 valence electrons. The van der Waals surface area contributed by atoms with Gasteiger partial charge in [-0.2, -0.15) is 0 Å². The van der Waals surface area contributed by atoms with E-state index in [4.69, 9.17) is 8.83 Å². The van der Waals surface area contributed by atoms with E-state index in [0.717, 1.165) is 54.6 Å². The Bertz CT molecular complexity index is 3030. The van der Waals surface area contributed by atoms with Crippen molar-refractivity contribution >= 4 is 71.7 Å². The molecular formula is C46H29NO2. The van der Waals surface area contributed by atoms with Crippen LogP contribution in [0.1, 0.15) is 5.48 Å². The molecule has 0 unspecified atom stereocenters. The first-order valence-corrected chi connectivity index (χ1v) is 16.3. The summed E-state index contributed by atoms with van der Waals surface area (Å²) < 4.78 is 50.5. The summed E-state index contributed by atoms with van der Waals surface area (Å²) in [5, 5.41) is 5.66. The van der Waals surface area contributed by atoms with Crippen LogP contribution in [0.4, 0.5) is 17.1 Å². The Balaban J connectivity index is 1.21. The first kappa shape index (κ1) is 23.7. The molecule has 3 nitrogen and oxygen atoms in total. The fourth-order valence-electron chi connectivity index (χ4n) is 6.99. The molecule has 0 aliphatic carbocycles. The minimum atomic E-state index is -0.159. The molecule has 3 heteroatoms. The molecule has 0 aliphatic rings. The second kappa shape index (κ2) is 11.0. The molecule has 10 rings (SSSR count). The largest absolute Gasteiger partial charge is 0.456 e. The maximum absolute atomic E-state index is 9.54. The van der Waals surface area contributed by atoms with E-state index in [2.05, 4.69) is 30.3 Å². The number of furan rings is 2. The minimum absolute atomic E-state index is 0.141. The quantitative estimate of drug-likeness (QED) is 0.189. The van der Waals surface area contributed by atoms with Gasteiger partial charge in [-0.3, -0.25) is 0 Å². The summed E-state index contributed by atoms with van der Waals surface area (Å²) in [6.07, 6.45) is 0. The van der Waals surface area contributed by atoms with Gasteiger partial charge in [-0.1, -0.05) is 115 Å². The van der Waals surface area contributed by atoms with Crippen LogP contribution in [0.5, 0.6) is 0 Å². The van der Waals surface area contributed by atoms with Gasteiger partial charge >= 0.3 is 0 Å². The molecule has 0 saturated heterocycles. The number of para-hydroxylation sites is 1. The molecule has 0 amide bonds. The lowest BCUT2D eigenvalue weighted by molar-refractivity contribution is 0.669. The first-order chi connectivity index (χ1) is 26.0. The fraction of sp³-hybridized carbons (Fsp3) is 0. The average molecular weight is 632 g/mol. The van der Waals surface area contributed by atoms with Crippen LogP contribution in [-0.4, -0.2) is 0 Å². The van der Waals surface area contributed by atoms with Crippen LogP contribution in [0.25, 0.3) is 76.9 Å². The molecule has 0 saturated carbocycles. The lowest BCUT2D eigenvalue weighted by Gasteiger charge is -2.26. The Morgan fingerprint density at radius 1 is 0.408 bits per heavy atom. The van der Waals surface area contributed by atoms with Gasteiger partial charge in [-0.15, -0.1) is 0 Å².